The average molecular weight is 341 g/mol. The first-order valence-electron chi connectivity index (χ1n) is 8.10. The first-order chi connectivity index (χ1) is 11.8. The maximum Gasteiger partial charge on any atom is 0.248 e. The highest BCUT2D eigenvalue weighted by Crippen LogP contribution is 2.24. The Kier molecular flexibility index (Phi) is 5.77. The molecular weight excluding hydrogens is 318 g/mol. The predicted molar refractivity (Wildman–Crippen MR) is 97.6 cm³/mol. The molecule has 0 saturated carbocycles. The summed E-state index contributed by atoms with van der Waals surface area (Å²) in [5.41, 5.74) is 11.4. The van der Waals surface area contributed by atoms with E-state index in [-0.39, 0.29) is 5.91 Å². The topological polar surface area (TPSA) is 107 Å². The molecule has 0 aliphatic carbocycles. The van der Waals surface area contributed by atoms with E-state index >= 15 is 0 Å². The van der Waals surface area contributed by atoms with Gasteiger partial charge < -0.3 is 21.5 Å². The van der Waals surface area contributed by atoms with Gasteiger partial charge in [-0.25, -0.2) is 0 Å². The highest BCUT2D eigenvalue weighted by atomic mass is 16.5. The summed E-state index contributed by atoms with van der Waals surface area (Å²) in [5, 5.41) is 2.80. The molecule has 0 heterocycles. The molecule has 0 aliphatic heterocycles. The molecule has 5 N–H and O–H groups in total. The van der Waals surface area contributed by atoms with Crippen LogP contribution in [0.4, 0.5) is 5.69 Å². The van der Waals surface area contributed by atoms with Gasteiger partial charge in [-0.15, -0.1) is 0 Å². The minimum atomic E-state index is -0.904. The van der Waals surface area contributed by atoms with E-state index in [1.807, 2.05) is 6.92 Å². The molecule has 0 radical (unpaired) electrons. The number of ether oxygens (including phenoxy) is 1. The number of amides is 2. The fourth-order valence-electron chi connectivity index (χ4n) is 2.36. The third-order valence-corrected chi connectivity index (χ3v) is 3.75. The van der Waals surface area contributed by atoms with Crippen LogP contribution in [0.1, 0.15) is 37.0 Å². The highest BCUT2D eigenvalue weighted by Gasteiger charge is 2.27. The maximum absolute atomic E-state index is 12.2. The zero-order valence-corrected chi connectivity index (χ0v) is 14.4. The summed E-state index contributed by atoms with van der Waals surface area (Å²) >= 11 is 0. The molecule has 132 valence electrons. The van der Waals surface area contributed by atoms with Crippen LogP contribution >= 0.6 is 0 Å². The van der Waals surface area contributed by atoms with Crippen molar-refractivity contribution < 1.29 is 14.3 Å². The summed E-state index contributed by atoms with van der Waals surface area (Å²) in [6.07, 6.45) is 1.44. The normalized spacial score (nSPS) is 12.9. The van der Waals surface area contributed by atoms with Crippen molar-refractivity contribution in [2.45, 2.75) is 32.2 Å². The van der Waals surface area contributed by atoms with Gasteiger partial charge in [-0.1, -0.05) is 19.4 Å². The molecule has 2 aromatic carbocycles. The summed E-state index contributed by atoms with van der Waals surface area (Å²) < 4.78 is 5.69. The fourth-order valence-corrected chi connectivity index (χ4v) is 2.36. The van der Waals surface area contributed by atoms with E-state index in [0.717, 1.165) is 6.42 Å². The van der Waals surface area contributed by atoms with Crippen LogP contribution in [0.5, 0.6) is 11.5 Å². The molecule has 0 aliphatic rings. The number of anilines is 1. The van der Waals surface area contributed by atoms with Crippen molar-refractivity contribution in [3.8, 4) is 11.5 Å². The van der Waals surface area contributed by atoms with Crippen LogP contribution in [0.25, 0.3) is 0 Å². The quantitative estimate of drug-likeness (QED) is 0.719. The van der Waals surface area contributed by atoms with E-state index in [4.69, 9.17) is 16.2 Å². The Hall–Kier alpha value is -2.86. The monoisotopic (exact) mass is 341 g/mol. The summed E-state index contributed by atoms with van der Waals surface area (Å²) in [4.78, 5) is 23.4. The van der Waals surface area contributed by atoms with Gasteiger partial charge in [0.2, 0.25) is 11.8 Å². The second-order valence-corrected chi connectivity index (χ2v) is 6.14. The van der Waals surface area contributed by atoms with Crippen LogP contribution in [-0.4, -0.2) is 17.4 Å². The number of benzene rings is 2. The predicted octanol–water partition coefficient (Wildman–Crippen LogP) is 3.03. The van der Waals surface area contributed by atoms with Gasteiger partial charge in [0, 0.05) is 11.3 Å². The Morgan fingerprint density at radius 2 is 1.80 bits per heavy atom. The van der Waals surface area contributed by atoms with Gasteiger partial charge in [0.05, 0.1) is 5.54 Å². The van der Waals surface area contributed by atoms with Crippen LogP contribution in [0, 0.1) is 0 Å². The van der Waals surface area contributed by atoms with E-state index < -0.39 is 11.4 Å². The van der Waals surface area contributed by atoms with Gasteiger partial charge >= 0.3 is 0 Å². The van der Waals surface area contributed by atoms with Crippen LogP contribution < -0.4 is 21.5 Å². The zero-order chi connectivity index (χ0) is 18.4. The first kappa shape index (κ1) is 18.5. The lowest BCUT2D eigenvalue weighted by molar-refractivity contribution is -0.120. The molecule has 1 unspecified atom stereocenters. The average Bonchev–Trinajstić information content (AvgIpc) is 2.57. The number of primary amides is 1. The minimum absolute atomic E-state index is 0.225. The third kappa shape index (κ3) is 5.06. The number of carbonyl (C=O) groups excluding carboxylic acids is 2. The van der Waals surface area contributed by atoms with E-state index in [1.54, 1.807) is 55.5 Å². The third-order valence-electron chi connectivity index (χ3n) is 3.75. The molecule has 2 amide bonds. The van der Waals surface area contributed by atoms with E-state index in [2.05, 4.69) is 5.32 Å². The number of nitrogens with two attached hydrogens (primary N) is 2. The molecular formula is C19H23N3O3. The maximum atomic E-state index is 12.2. The molecule has 0 bridgehead atoms. The van der Waals surface area contributed by atoms with Gasteiger partial charge in [0.1, 0.15) is 11.5 Å². The van der Waals surface area contributed by atoms with Crippen molar-refractivity contribution in [3.63, 3.8) is 0 Å². The minimum Gasteiger partial charge on any atom is -0.457 e. The van der Waals surface area contributed by atoms with Crippen LogP contribution in [0.3, 0.4) is 0 Å². The van der Waals surface area contributed by atoms with Crippen LogP contribution in [0.15, 0.2) is 48.5 Å². The van der Waals surface area contributed by atoms with E-state index in [0.29, 0.717) is 29.2 Å². The lowest BCUT2D eigenvalue weighted by Gasteiger charge is -2.22. The summed E-state index contributed by atoms with van der Waals surface area (Å²) in [6, 6.07) is 13.5. The molecule has 2 rings (SSSR count). The van der Waals surface area contributed by atoms with Crippen LogP contribution in [-0.2, 0) is 4.79 Å². The lowest BCUT2D eigenvalue weighted by atomic mass is 9.96. The molecule has 6 nitrogen and oxygen atoms in total. The molecule has 6 heteroatoms. The fraction of sp³-hybridized carbons (Fsp3) is 0.263. The van der Waals surface area contributed by atoms with Crippen molar-refractivity contribution >= 4 is 17.5 Å². The molecule has 0 fully saturated rings. The first-order valence-corrected chi connectivity index (χ1v) is 8.10. The molecule has 2 aromatic rings. The lowest BCUT2D eigenvalue weighted by Crippen LogP contribution is -2.48. The van der Waals surface area contributed by atoms with Crippen LogP contribution in [0.2, 0.25) is 0 Å². The van der Waals surface area contributed by atoms with E-state index in [1.165, 1.54) is 0 Å². The van der Waals surface area contributed by atoms with Crippen molar-refractivity contribution in [1.82, 2.24) is 0 Å². The van der Waals surface area contributed by atoms with Gasteiger partial charge in [-0.05, 0) is 55.8 Å². The second-order valence-electron chi connectivity index (χ2n) is 6.14. The Morgan fingerprint density at radius 1 is 1.12 bits per heavy atom. The highest BCUT2D eigenvalue weighted by molar-refractivity contribution is 5.97. The zero-order valence-electron chi connectivity index (χ0n) is 14.4. The Balaban J connectivity index is 2.04. The molecule has 0 saturated heterocycles. The number of rotatable bonds is 7. The molecule has 1 atom stereocenters. The Morgan fingerprint density at radius 3 is 2.40 bits per heavy atom. The number of hydrogen-bond acceptors (Lipinski definition) is 4. The summed E-state index contributed by atoms with van der Waals surface area (Å²) in [5.74, 6) is 0.340. The van der Waals surface area contributed by atoms with Crippen molar-refractivity contribution in [2.24, 2.45) is 11.5 Å². The second kappa shape index (κ2) is 7.81. The largest absolute Gasteiger partial charge is 0.457 e. The Bertz CT molecular complexity index is 755. The molecule has 0 aromatic heterocycles. The Labute approximate surface area is 147 Å². The van der Waals surface area contributed by atoms with E-state index in [9.17, 15) is 9.59 Å². The molecule has 25 heavy (non-hydrogen) atoms. The summed E-state index contributed by atoms with van der Waals surface area (Å²) in [7, 11) is 0. The number of nitrogens with one attached hydrogen (secondary N) is 1. The van der Waals surface area contributed by atoms with Gasteiger partial charge in [-0.3, -0.25) is 9.59 Å². The standard InChI is InChI=1S/C19H23N3O3/c1-3-11-19(2,21)18(24)22-14-7-9-15(10-8-14)25-16-6-4-5-13(12-16)17(20)23/h4-10,12H,3,11,21H2,1-2H3,(H2,20,23)(H,22,24). The van der Waals surface area contributed by atoms with Crippen molar-refractivity contribution in [3.05, 3.63) is 54.1 Å². The number of hydrogen-bond donors (Lipinski definition) is 3. The summed E-state index contributed by atoms with van der Waals surface area (Å²) in [6.45, 7) is 3.70. The number of carbonyl (C=O) groups is 2. The smallest absolute Gasteiger partial charge is 0.248 e. The van der Waals surface area contributed by atoms with Gasteiger partial charge in [-0.2, -0.15) is 0 Å². The van der Waals surface area contributed by atoms with Crippen molar-refractivity contribution in [2.75, 3.05) is 5.32 Å². The van der Waals surface area contributed by atoms with Crippen molar-refractivity contribution in [1.29, 1.82) is 0 Å². The molecule has 0 spiro atoms. The SMILES string of the molecule is CCCC(C)(N)C(=O)Nc1ccc(Oc2cccc(C(N)=O)c2)cc1. The van der Waals surface area contributed by atoms with Gasteiger partial charge in [0.15, 0.2) is 0 Å². The van der Waals surface area contributed by atoms with Gasteiger partial charge in [0.25, 0.3) is 0 Å².